The zero-order valence-electron chi connectivity index (χ0n) is 50.9. The van der Waals surface area contributed by atoms with Gasteiger partial charge in [0.05, 0.1) is 28.2 Å². The summed E-state index contributed by atoms with van der Waals surface area (Å²) < 4.78 is 0. The topological polar surface area (TPSA) is 13.0 Å². The summed E-state index contributed by atoms with van der Waals surface area (Å²) in [5.41, 5.74) is 21.7. The lowest BCUT2D eigenvalue weighted by atomic mass is 9.70. The smallest absolute Gasteiger partial charge is 0.0728 e. The van der Waals surface area contributed by atoms with Crippen molar-refractivity contribution >= 4 is 111 Å². The molecule has 16 aromatic carbocycles. The number of rotatable bonds is 12. The van der Waals surface area contributed by atoms with Crippen LogP contribution in [0.15, 0.2) is 364 Å². The Morgan fingerprint density at radius 3 is 0.602 bits per heavy atom. The first-order chi connectivity index (χ1) is 46.2. The Kier molecular flexibility index (Phi) is 12.8. The third-order valence-electron chi connectivity index (χ3n) is 19.3. The SMILES string of the molecule is c1ccc(N(c2ccc3c(c2)C2(c4cc(N(c5ccccc5)c5cccc6ccccc56)ccc4-3)c3cc(N(c4ccccc4)c4cccc5ccccc45)ccc3-c3ccc(N(c4ccccc4)c4cccc5ccccc45)cc32)c2cccc3ccccc23)cc1. The standard InChI is InChI=1S/C89H60N4/c1-5-33-65(34-6-1)90(85-45-21-29-61-25-13-17-41-73(61)85)69-49-53-77-78-54-50-70(91(66-35-7-2-8-36-66)86-46-22-30-62-26-14-18-42-74(62)86)58-82(78)89(81(77)57-69)83-59-71(92(67-37-9-3-10-38-67)87-47-23-31-63-27-15-19-43-75(63)87)51-55-79(83)80-56-52-72(60-84(80)89)93(68-39-11-4-12-40-68)88-48-24-32-64-28-16-20-44-76(64)88/h1-60H. The highest BCUT2D eigenvalue weighted by Crippen LogP contribution is 2.66. The second kappa shape index (κ2) is 22.1. The van der Waals surface area contributed by atoms with Crippen LogP contribution in [0.1, 0.15) is 22.3 Å². The first-order valence-electron chi connectivity index (χ1n) is 32.1. The van der Waals surface area contributed by atoms with Gasteiger partial charge in [0.25, 0.3) is 0 Å². The Labute approximate surface area is 541 Å². The molecule has 2 aliphatic rings. The number of benzene rings is 16. The highest BCUT2D eigenvalue weighted by atomic mass is 15.2. The fourth-order valence-electron chi connectivity index (χ4n) is 15.4. The van der Waals surface area contributed by atoms with E-state index < -0.39 is 5.41 Å². The van der Waals surface area contributed by atoms with Crippen molar-refractivity contribution in [1.29, 1.82) is 0 Å². The maximum atomic E-state index is 2.54. The highest BCUT2D eigenvalue weighted by molar-refractivity contribution is 6.06. The molecule has 0 amide bonds. The van der Waals surface area contributed by atoms with Crippen LogP contribution in [0.5, 0.6) is 0 Å². The molecule has 0 atom stereocenters. The van der Waals surface area contributed by atoms with E-state index in [0.717, 1.165) is 68.2 Å². The van der Waals surface area contributed by atoms with E-state index in [1.54, 1.807) is 0 Å². The summed E-state index contributed by atoms with van der Waals surface area (Å²) in [4.78, 5) is 9.89. The zero-order chi connectivity index (χ0) is 61.4. The molecule has 0 heterocycles. The molecule has 93 heavy (non-hydrogen) atoms. The molecule has 0 fully saturated rings. The van der Waals surface area contributed by atoms with Gasteiger partial charge in [-0.05, 0) is 187 Å². The van der Waals surface area contributed by atoms with Gasteiger partial charge in [-0.3, -0.25) is 0 Å². The molecule has 0 saturated heterocycles. The van der Waals surface area contributed by atoms with E-state index in [-0.39, 0.29) is 0 Å². The van der Waals surface area contributed by atoms with Crippen LogP contribution < -0.4 is 19.6 Å². The molecule has 2 aliphatic carbocycles. The van der Waals surface area contributed by atoms with Crippen molar-refractivity contribution in [1.82, 2.24) is 0 Å². The van der Waals surface area contributed by atoms with E-state index in [2.05, 4.69) is 384 Å². The van der Waals surface area contributed by atoms with Crippen molar-refractivity contribution < 1.29 is 0 Å². The van der Waals surface area contributed by atoms with Crippen LogP contribution in [-0.2, 0) is 5.41 Å². The molecule has 4 nitrogen and oxygen atoms in total. The Bertz CT molecular complexity index is 4840. The van der Waals surface area contributed by atoms with Crippen molar-refractivity contribution in [2.24, 2.45) is 0 Å². The van der Waals surface area contributed by atoms with Crippen molar-refractivity contribution in [3.8, 4) is 22.3 Å². The summed E-state index contributed by atoms with van der Waals surface area (Å²) in [6, 6.07) is 135. The van der Waals surface area contributed by atoms with Gasteiger partial charge < -0.3 is 19.6 Å². The summed E-state index contributed by atoms with van der Waals surface area (Å²) in [5, 5.41) is 9.45. The van der Waals surface area contributed by atoms with E-state index in [0.29, 0.717) is 0 Å². The van der Waals surface area contributed by atoms with Gasteiger partial charge in [-0.1, -0.05) is 243 Å². The highest BCUT2D eigenvalue weighted by Gasteiger charge is 2.53. The average Bonchev–Trinajstić information content (AvgIpc) is 1.50. The van der Waals surface area contributed by atoms with Gasteiger partial charge in [-0.25, -0.2) is 0 Å². The maximum absolute atomic E-state index is 2.54. The second-order valence-corrected chi connectivity index (χ2v) is 24.3. The number of anilines is 12. The predicted molar refractivity (Wildman–Crippen MR) is 391 cm³/mol. The minimum atomic E-state index is -0.919. The number of para-hydroxylation sites is 4. The molecule has 0 N–H and O–H groups in total. The van der Waals surface area contributed by atoms with Gasteiger partial charge in [0, 0.05) is 67.0 Å². The van der Waals surface area contributed by atoms with Crippen LogP contribution in [0.2, 0.25) is 0 Å². The lowest BCUT2D eigenvalue weighted by molar-refractivity contribution is 0.793. The molecular formula is C89H60N4. The first kappa shape index (κ1) is 53.8. The Morgan fingerprint density at radius 2 is 0.366 bits per heavy atom. The van der Waals surface area contributed by atoms with E-state index in [1.165, 1.54) is 87.6 Å². The first-order valence-corrected chi connectivity index (χ1v) is 32.1. The van der Waals surface area contributed by atoms with E-state index in [9.17, 15) is 0 Å². The maximum Gasteiger partial charge on any atom is 0.0728 e. The van der Waals surface area contributed by atoms with Crippen molar-refractivity contribution in [3.05, 3.63) is 386 Å². The van der Waals surface area contributed by atoms with Crippen molar-refractivity contribution in [2.75, 3.05) is 19.6 Å². The third-order valence-corrected chi connectivity index (χ3v) is 19.3. The van der Waals surface area contributed by atoms with E-state index in [4.69, 9.17) is 0 Å². The van der Waals surface area contributed by atoms with Crippen LogP contribution in [0, 0.1) is 0 Å². The molecule has 0 aliphatic heterocycles. The quantitative estimate of drug-likeness (QED) is 0.121. The summed E-state index contributed by atoms with van der Waals surface area (Å²) in [6.07, 6.45) is 0. The normalized spacial score (nSPS) is 12.4. The van der Waals surface area contributed by atoms with Crippen LogP contribution in [0.4, 0.5) is 68.2 Å². The zero-order valence-corrected chi connectivity index (χ0v) is 50.9. The molecule has 18 rings (SSSR count). The molecule has 0 saturated carbocycles. The summed E-state index contributed by atoms with van der Waals surface area (Å²) >= 11 is 0. The summed E-state index contributed by atoms with van der Waals surface area (Å²) in [7, 11) is 0. The number of hydrogen-bond donors (Lipinski definition) is 0. The largest absolute Gasteiger partial charge is 0.310 e. The fraction of sp³-hybridized carbons (Fsp3) is 0.0112. The molecular weight excluding hydrogens is 1130 g/mol. The fourth-order valence-corrected chi connectivity index (χ4v) is 15.4. The van der Waals surface area contributed by atoms with E-state index >= 15 is 0 Å². The van der Waals surface area contributed by atoms with Crippen LogP contribution in [0.3, 0.4) is 0 Å². The number of fused-ring (bicyclic) bond motifs is 14. The Hall–Kier alpha value is -12.2. The molecule has 1 spiro atoms. The molecule has 0 unspecified atom stereocenters. The van der Waals surface area contributed by atoms with Crippen LogP contribution in [-0.4, -0.2) is 0 Å². The molecule has 436 valence electrons. The van der Waals surface area contributed by atoms with Gasteiger partial charge >= 0.3 is 0 Å². The molecule has 16 aromatic rings. The second-order valence-electron chi connectivity index (χ2n) is 24.3. The van der Waals surface area contributed by atoms with Gasteiger partial charge in [0.15, 0.2) is 0 Å². The minimum absolute atomic E-state index is 0.919. The molecule has 0 radical (unpaired) electrons. The average molecular weight is 1190 g/mol. The molecule has 4 heteroatoms. The molecule has 0 bridgehead atoms. The summed E-state index contributed by atoms with van der Waals surface area (Å²) in [5.74, 6) is 0. The van der Waals surface area contributed by atoms with E-state index in [1.807, 2.05) is 0 Å². The summed E-state index contributed by atoms with van der Waals surface area (Å²) in [6.45, 7) is 0. The molecule has 0 aromatic heterocycles. The van der Waals surface area contributed by atoms with Crippen molar-refractivity contribution in [3.63, 3.8) is 0 Å². The van der Waals surface area contributed by atoms with Gasteiger partial charge in [-0.2, -0.15) is 0 Å². The lowest BCUT2D eigenvalue weighted by Crippen LogP contribution is -2.27. The van der Waals surface area contributed by atoms with Gasteiger partial charge in [0.2, 0.25) is 0 Å². The van der Waals surface area contributed by atoms with Gasteiger partial charge in [0.1, 0.15) is 0 Å². The van der Waals surface area contributed by atoms with Crippen LogP contribution in [0.25, 0.3) is 65.3 Å². The third kappa shape index (κ3) is 8.68. The van der Waals surface area contributed by atoms with Crippen molar-refractivity contribution in [2.45, 2.75) is 5.41 Å². The number of nitrogens with zero attached hydrogens (tertiary/aromatic N) is 4. The van der Waals surface area contributed by atoms with Gasteiger partial charge in [-0.15, -0.1) is 0 Å². The minimum Gasteiger partial charge on any atom is -0.310 e. The van der Waals surface area contributed by atoms with Crippen LogP contribution >= 0.6 is 0 Å². The lowest BCUT2D eigenvalue weighted by Gasteiger charge is -2.35. The monoisotopic (exact) mass is 1180 g/mol. The predicted octanol–water partition coefficient (Wildman–Crippen LogP) is 24.5. The Balaban J connectivity index is 0.974. The number of hydrogen-bond acceptors (Lipinski definition) is 4. The Morgan fingerprint density at radius 1 is 0.161 bits per heavy atom.